The monoisotopic (exact) mass is 528 g/mol. The summed E-state index contributed by atoms with van der Waals surface area (Å²) in [5.74, 6) is 0.753. The minimum atomic E-state index is -0.565. The first-order valence-electron chi connectivity index (χ1n) is 11.0. The van der Waals surface area contributed by atoms with E-state index in [1.165, 1.54) is 22.7 Å². The topological polar surface area (TPSA) is 149 Å². The molecule has 4 aromatic rings. The van der Waals surface area contributed by atoms with Crippen LogP contribution in [0.1, 0.15) is 13.8 Å². The number of nitrogens with two attached hydrogens (primary N) is 2. The van der Waals surface area contributed by atoms with Crippen molar-refractivity contribution in [2.24, 2.45) is 11.5 Å². The lowest BCUT2D eigenvalue weighted by atomic mass is 10.2. The number of amides is 2. The van der Waals surface area contributed by atoms with Crippen molar-refractivity contribution in [3.05, 3.63) is 36.4 Å². The van der Waals surface area contributed by atoms with E-state index in [1.807, 2.05) is 38.1 Å². The number of aromatic nitrogens is 2. The van der Waals surface area contributed by atoms with Gasteiger partial charge in [0.1, 0.15) is 10.0 Å². The minimum Gasteiger partial charge on any atom is -0.490 e. The molecule has 0 atom stereocenters. The molecule has 0 aliphatic heterocycles. The molecule has 0 aliphatic rings. The molecule has 0 unspecified atom stereocenters. The molecule has 188 valence electrons. The lowest BCUT2D eigenvalue weighted by molar-refractivity contribution is -0.120. The van der Waals surface area contributed by atoms with E-state index in [9.17, 15) is 9.59 Å². The van der Waals surface area contributed by atoms with Crippen LogP contribution in [-0.4, -0.2) is 48.2 Å². The van der Waals surface area contributed by atoms with Crippen LogP contribution in [0.15, 0.2) is 36.4 Å². The number of carbonyl (C=O) groups excluding carboxylic acids is 2. The van der Waals surface area contributed by atoms with E-state index < -0.39 is 11.8 Å². The number of rotatable bonds is 12. The van der Waals surface area contributed by atoms with E-state index in [1.54, 1.807) is 12.1 Å². The van der Waals surface area contributed by atoms with E-state index in [-0.39, 0.29) is 13.2 Å². The predicted molar refractivity (Wildman–Crippen MR) is 138 cm³/mol. The van der Waals surface area contributed by atoms with Crippen LogP contribution in [0.3, 0.4) is 0 Å². The normalized spacial score (nSPS) is 10.8. The molecule has 10 nitrogen and oxygen atoms in total. The van der Waals surface area contributed by atoms with E-state index >= 15 is 0 Å². The summed E-state index contributed by atoms with van der Waals surface area (Å²) in [7, 11) is 0. The zero-order valence-electron chi connectivity index (χ0n) is 19.6. The van der Waals surface area contributed by atoms with Gasteiger partial charge < -0.3 is 30.4 Å². The van der Waals surface area contributed by atoms with Crippen LogP contribution in [0.4, 0.5) is 0 Å². The van der Waals surface area contributed by atoms with Gasteiger partial charge in [-0.25, -0.2) is 9.97 Å². The van der Waals surface area contributed by atoms with E-state index in [0.29, 0.717) is 36.2 Å². The number of carbonyl (C=O) groups is 2. The molecule has 2 aromatic heterocycles. The summed E-state index contributed by atoms with van der Waals surface area (Å²) in [6, 6.07) is 10.8. The first kappa shape index (κ1) is 25.2. The molecule has 0 aliphatic carbocycles. The molecular weight excluding hydrogens is 504 g/mol. The highest BCUT2D eigenvalue weighted by Crippen LogP contribution is 2.40. The first-order chi connectivity index (χ1) is 17.4. The van der Waals surface area contributed by atoms with Crippen LogP contribution >= 0.6 is 22.7 Å². The Labute approximate surface area is 214 Å². The number of fused-ring (bicyclic) bond motifs is 1. The van der Waals surface area contributed by atoms with Gasteiger partial charge in [0.2, 0.25) is 0 Å². The van der Waals surface area contributed by atoms with Crippen molar-refractivity contribution in [1.29, 1.82) is 0 Å². The fourth-order valence-electron chi connectivity index (χ4n) is 3.24. The number of nitrogens with zero attached hydrogens (tertiary/aromatic N) is 2. The number of benzene rings is 2. The van der Waals surface area contributed by atoms with E-state index in [4.69, 9.17) is 40.4 Å². The standard InChI is InChI=1S/C24H24N4O6S2/c1-3-31-17-9-13(5-7-15(17)33-11-19(25)29)21-27-23-24(35-21)28-22(36-23)14-6-8-16(34-12-20(26)30)18(10-14)32-4-2/h5-10H,3-4,11-12H2,1-2H3,(H2,25,29)(H2,26,30). The van der Waals surface area contributed by atoms with Gasteiger partial charge >= 0.3 is 0 Å². The number of hydrogen-bond donors (Lipinski definition) is 2. The van der Waals surface area contributed by atoms with Gasteiger partial charge in [0.05, 0.1) is 13.2 Å². The average Bonchev–Trinajstić information content (AvgIpc) is 3.42. The Morgan fingerprint density at radius 3 is 1.47 bits per heavy atom. The summed E-state index contributed by atoms with van der Waals surface area (Å²) < 4.78 is 22.2. The molecule has 2 aromatic carbocycles. The van der Waals surface area contributed by atoms with Crippen LogP contribution in [0.2, 0.25) is 0 Å². The molecule has 36 heavy (non-hydrogen) atoms. The Hall–Kier alpha value is -3.90. The molecule has 0 spiro atoms. The summed E-state index contributed by atoms with van der Waals surface area (Å²) >= 11 is 2.91. The molecule has 0 saturated carbocycles. The summed E-state index contributed by atoms with van der Waals surface area (Å²) in [5.41, 5.74) is 12.0. The number of primary amides is 2. The number of hydrogen-bond acceptors (Lipinski definition) is 10. The molecule has 2 heterocycles. The van der Waals surface area contributed by atoms with Crippen molar-refractivity contribution in [3.63, 3.8) is 0 Å². The highest BCUT2D eigenvalue weighted by Gasteiger charge is 2.17. The van der Waals surface area contributed by atoms with Crippen molar-refractivity contribution >= 4 is 44.1 Å². The van der Waals surface area contributed by atoms with E-state index in [2.05, 4.69) is 0 Å². The van der Waals surface area contributed by atoms with Crippen LogP contribution in [0.5, 0.6) is 23.0 Å². The quantitative estimate of drug-likeness (QED) is 0.283. The van der Waals surface area contributed by atoms with Crippen LogP contribution in [-0.2, 0) is 9.59 Å². The Kier molecular flexibility index (Phi) is 7.86. The van der Waals surface area contributed by atoms with Gasteiger partial charge in [-0.3, -0.25) is 9.59 Å². The molecule has 2 amide bonds. The maximum Gasteiger partial charge on any atom is 0.255 e. The Morgan fingerprint density at radius 2 is 1.11 bits per heavy atom. The van der Waals surface area contributed by atoms with Gasteiger partial charge in [-0.05, 0) is 50.2 Å². The Morgan fingerprint density at radius 1 is 0.694 bits per heavy atom. The van der Waals surface area contributed by atoms with Gasteiger partial charge in [-0.1, -0.05) is 22.7 Å². The van der Waals surface area contributed by atoms with Crippen LogP contribution < -0.4 is 30.4 Å². The highest BCUT2D eigenvalue weighted by molar-refractivity contribution is 7.29. The second-order valence-corrected chi connectivity index (χ2v) is 9.30. The summed E-state index contributed by atoms with van der Waals surface area (Å²) in [5, 5.41) is 1.56. The lowest BCUT2D eigenvalue weighted by Crippen LogP contribution is -2.20. The van der Waals surface area contributed by atoms with Gasteiger partial charge in [0.25, 0.3) is 11.8 Å². The second-order valence-electron chi connectivity index (χ2n) is 7.35. The molecule has 0 radical (unpaired) electrons. The van der Waals surface area contributed by atoms with Crippen molar-refractivity contribution in [2.75, 3.05) is 26.4 Å². The van der Waals surface area contributed by atoms with E-state index in [0.717, 1.165) is 30.8 Å². The second kappa shape index (κ2) is 11.2. The number of ether oxygens (including phenoxy) is 4. The van der Waals surface area contributed by atoms with Crippen LogP contribution in [0, 0.1) is 0 Å². The zero-order chi connectivity index (χ0) is 25.7. The molecule has 12 heteroatoms. The SMILES string of the molecule is CCOc1cc(-c2nc3sc(-c4ccc(OCC(N)=O)c(OCC)c4)nc3s2)ccc1OCC(N)=O. The van der Waals surface area contributed by atoms with Gasteiger partial charge in [0.15, 0.2) is 45.9 Å². The third-order valence-electron chi connectivity index (χ3n) is 4.70. The fourth-order valence-corrected chi connectivity index (χ4v) is 5.28. The molecule has 0 fully saturated rings. The Bertz CT molecular complexity index is 1270. The molecule has 0 saturated heterocycles. The Balaban J connectivity index is 1.60. The highest BCUT2D eigenvalue weighted by atomic mass is 32.1. The third kappa shape index (κ3) is 5.83. The zero-order valence-corrected chi connectivity index (χ0v) is 21.2. The first-order valence-corrected chi connectivity index (χ1v) is 12.6. The smallest absolute Gasteiger partial charge is 0.255 e. The summed E-state index contributed by atoms with van der Waals surface area (Å²) in [6.07, 6.45) is 0. The summed E-state index contributed by atoms with van der Waals surface area (Å²) in [4.78, 5) is 33.2. The predicted octanol–water partition coefficient (Wildman–Crippen LogP) is 3.61. The van der Waals surface area contributed by atoms with Gasteiger partial charge in [-0.2, -0.15) is 0 Å². The largest absolute Gasteiger partial charge is 0.490 e. The molecule has 4 N–H and O–H groups in total. The van der Waals surface area contributed by atoms with Crippen molar-refractivity contribution in [3.8, 4) is 44.1 Å². The van der Waals surface area contributed by atoms with Gasteiger partial charge in [0, 0.05) is 11.1 Å². The van der Waals surface area contributed by atoms with Crippen molar-refractivity contribution < 1.29 is 28.5 Å². The molecule has 4 rings (SSSR count). The summed E-state index contributed by atoms with van der Waals surface area (Å²) in [6.45, 7) is 4.13. The molecular formula is C24H24N4O6S2. The van der Waals surface area contributed by atoms with Crippen LogP contribution in [0.25, 0.3) is 30.8 Å². The third-order valence-corrected chi connectivity index (χ3v) is 6.82. The maximum absolute atomic E-state index is 11.1. The minimum absolute atomic E-state index is 0.234. The fraction of sp³-hybridized carbons (Fsp3) is 0.250. The van der Waals surface area contributed by atoms with Crippen molar-refractivity contribution in [2.45, 2.75) is 13.8 Å². The molecule has 0 bridgehead atoms. The van der Waals surface area contributed by atoms with Crippen molar-refractivity contribution in [1.82, 2.24) is 9.97 Å². The maximum atomic E-state index is 11.1. The van der Waals surface area contributed by atoms with Gasteiger partial charge in [-0.15, -0.1) is 0 Å². The number of thiazole rings is 2. The lowest BCUT2D eigenvalue weighted by Gasteiger charge is -2.12. The average molecular weight is 529 g/mol.